The molecule has 5 aromatic carbocycles. The van der Waals surface area contributed by atoms with Crippen LogP contribution in [0.5, 0.6) is 0 Å². The highest BCUT2D eigenvalue weighted by Gasteiger charge is 2.60. The second kappa shape index (κ2) is 11.6. The normalized spacial score (nSPS) is 23.6. The van der Waals surface area contributed by atoms with Crippen LogP contribution in [-0.2, 0) is 39.4 Å². The van der Waals surface area contributed by atoms with Gasteiger partial charge in [0.05, 0.1) is 48.7 Å². The zero-order valence-electron chi connectivity index (χ0n) is 27.8. The molecule has 0 aliphatic carbocycles. The van der Waals surface area contributed by atoms with Crippen molar-refractivity contribution in [3.63, 3.8) is 0 Å². The molecule has 0 saturated carbocycles. The number of carbonyl (C=O) groups is 3. The van der Waals surface area contributed by atoms with Gasteiger partial charge in [-0.05, 0) is 65.3 Å². The lowest BCUT2D eigenvalue weighted by molar-refractivity contribution is -0.151. The van der Waals surface area contributed by atoms with Crippen LogP contribution in [0.4, 0.5) is 17.1 Å². The van der Waals surface area contributed by atoms with Gasteiger partial charge in [-0.15, -0.1) is 0 Å². The Balaban J connectivity index is 0.947. The summed E-state index contributed by atoms with van der Waals surface area (Å²) in [6.45, 7) is 2.73. The highest BCUT2D eigenvalue weighted by atomic mass is 16.5. The van der Waals surface area contributed by atoms with E-state index in [9.17, 15) is 19.5 Å². The van der Waals surface area contributed by atoms with E-state index in [0.29, 0.717) is 31.5 Å². The van der Waals surface area contributed by atoms with Crippen molar-refractivity contribution in [2.24, 2.45) is 5.92 Å². The minimum Gasteiger partial charge on any atom is -0.394 e. The second-order valence-electron chi connectivity index (χ2n) is 14.0. The van der Waals surface area contributed by atoms with Gasteiger partial charge in [0.25, 0.3) is 11.8 Å². The van der Waals surface area contributed by atoms with E-state index in [1.165, 1.54) is 0 Å². The summed E-state index contributed by atoms with van der Waals surface area (Å²) in [6, 6.07) is 35.2. The number of amides is 3. The summed E-state index contributed by atoms with van der Waals surface area (Å²) in [4.78, 5) is 47.1. The van der Waals surface area contributed by atoms with E-state index in [0.717, 1.165) is 50.1 Å². The van der Waals surface area contributed by atoms with Crippen molar-refractivity contribution in [3.8, 4) is 0 Å². The summed E-state index contributed by atoms with van der Waals surface area (Å²) in [5.74, 6) is -0.392. The van der Waals surface area contributed by atoms with Gasteiger partial charge in [0.15, 0.2) is 5.60 Å². The quantitative estimate of drug-likeness (QED) is 0.220. The maximum absolute atomic E-state index is 14.5. The predicted octanol–water partition coefficient (Wildman–Crippen LogP) is 6.63. The second-order valence-corrected chi connectivity index (χ2v) is 14.0. The molecule has 1 spiro atoms. The number of benzene rings is 5. The number of aliphatic hydroxyl groups excluding tert-OH is 1. The Bertz CT molecular complexity index is 2190. The maximum atomic E-state index is 14.5. The van der Waals surface area contributed by atoms with Gasteiger partial charge in [-0.2, -0.15) is 0 Å². The molecule has 4 heterocycles. The van der Waals surface area contributed by atoms with Gasteiger partial charge >= 0.3 is 0 Å². The van der Waals surface area contributed by atoms with Crippen LogP contribution in [0.25, 0.3) is 10.8 Å². The van der Waals surface area contributed by atoms with Crippen molar-refractivity contribution in [3.05, 3.63) is 137 Å². The molecule has 50 heavy (non-hydrogen) atoms. The van der Waals surface area contributed by atoms with Crippen molar-refractivity contribution in [1.29, 1.82) is 0 Å². The lowest BCUT2D eigenvalue weighted by atomic mass is 9.83. The molecular weight excluding hydrogens is 626 g/mol. The molecule has 1 fully saturated rings. The molecule has 9 rings (SSSR count). The van der Waals surface area contributed by atoms with Crippen molar-refractivity contribution in [2.75, 3.05) is 16.4 Å². The number of anilines is 3. The zero-order valence-corrected chi connectivity index (χ0v) is 27.8. The number of carbonyl (C=O) groups excluding carboxylic acids is 3. The Morgan fingerprint density at radius 2 is 1.58 bits per heavy atom. The number of fused-ring (bicyclic) bond motifs is 3. The highest BCUT2D eigenvalue weighted by molar-refractivity contribution is 6.27. The first-order valence-electron chi connectivity index (χ1n) is 17.4. The average molecular weight is 664 g/mol. The molecule has 8 heteroatoms. The Labute approximate surface area is 290 Å². The van der Waals surface area contributed by atoms with Crippen LogP contribution in [0.1, 0.15) is 52.4 Å². The summed E-state index contributed by atoms with van der Waals surface area (Å²) in [6.07, 6.45) is 0.900. The third-order valence-electron chi connectivity index (χ3n) is 11.2. The molecule has 8 nitrogen and oxygen atoms in total. The lowest BCUT2D eigenvalue weighted by Gasteiger charge is -2.36. The summed E-state index contributed by atoms with van der Waals surface area (Å²) in [5, 5.41) is 12.2. The molecule has 0 unspecified atom stereocenters. The fraction of sp³-hybridized carbons (Fsp3) is 0.262. The molecule has 0 aromatic heterocycles. The van der Waals surface area contributed by atoms with Gasteiger partial charge in [0, 0.05) is 29.1 Å². The summed E-state index contributed by atoms with van der Waals surface area (Å²) < 4.78 is 6.74. The van der Waals surface area contributed by atoms with E-state index in [1.54, 1.807) is 14.7 Å². The number of aliphatic hydroxyl groups is 1. The number of hydrogen-bond acceptors (Lipinski definition) is 5. The van der Waals surface area contributed by atoms with Gasteiger partial charge < -0.3 is 19.6 Å². The monoisotopic (exact) mass is 663 g/mol. The van der Waals surface area contributed by atoms with Gasteiger partial charge in [-0.1, -0.05) is 85.8 Å². The SMILES string of the molecule is C[C@@H]1C[C@H](CC(=O)N2Cc3ccccc3C[C@H]2CO)O[C@@]12C(=O)N(Cc1ccc(N3C(=O)c4cccc5cccc3c45)cc1)c1ccccc12. The topological polar surface area (TPSA) is 90.4 Å². The van der Waals surface area contributed by atoms with Gasteiger partial charge in [-0.3, -0.25) is 19.3 Å². The Morgan fingerprint density at radius 1 is 0.860 bits per heavy atom. The Kier molecular flexibility index (Phi) is 7.16. The van der Waals surface area contributed by atoms with Crippen molar-refractivity contribution in [1.82, 2.24) is 4.90 Å². The molecule has 4 aliphatic heterocycles. The predicted molar refractivity (Wildman–Crippen MR) is 191 cm³/mol. The Hall–Kier alpha value is -5.31. The van der Waals surface area contributed by atoms with Crippen LogP contribution in [0.15, 0.2) is 109 Å². The zero-order chi connectivity index (χ0) is 34.1. The largest absolute Gasteiger partial charge is 0.394 e. The van der Waals surface area contributed by atoms with E-state index < -0.39 is 11.7 Å². The minimum atomic E-state index is -1.18. The number of para-hydroxylation sites is 1. The molecule has 0 bridgehead atoms. The smallest absolute Gasteiger partial charge is 0.264 e. The summed E-state index contributed by atoms with van der Waals surface area (Å²) in [5.41, 5.74) is 5.99. The Morgan fingerprint density at radius 3 is 2.38 bits per heavy atom. The van der Waals surface area contributed by atoms with Crippen LogP contribution in [0.2, 0.25) is 0 Å². The van der Waals surface area contributed by atoms with E-state index in [-0.39, 0.29) is 42.7 Å². The number of ether oxygens (including phenoxy) is 1. The van der Waals surface area contributed by atoms with E-state index >= 15 is 0 Å². The molecular formula is C42H37N3O5. The molecule has 250 valence electrons. The van der Waals surface area contributed by atoms with Crippen LogP contribution in [0, 0.1) is 5.92 Å². The lowest BCUT2D eigenvalue weighted by Crippen LogP contribution is -2.47. The number of nitrogens with zero attached hydrogens (tertiary/aromatic N) is 3. The minimum absolute atomic E-state index is 0.0486. The number of hydrogen-bond donors (Lipinski definition) is 1. The third kappa shape index (κ3) is 4.55. The van der Waals surface area contributed by atoms with Crippen LogP contribution in [0.3, 0.4) is 0 Å². The van der Waals surface area contributed by atoms with Gasteiger partial charge in [-0.25, -0.2) is 0 Å². The first kappa shape index (κ1) is 30.7. The average Bonchev–Trinajstić information content (AvgIpc) is 3.72. The van der Waals surface area contributed by atoms with Gasteiger partial charge in [0.2, 0.25) is 5.91 Å². The van der Waals surface area contributed by atoms with Crippen molar-refractivity contribution < 1.29 is 24.2 Å². The highest BCUT2D eigenvalue weighted by Crippen LogP contribution is 2.54. The van der Waals surface area contributed by atoms with E-state index in [4.69, 9.17) is 4.74 Å². The molecule has 0 radical (unpaired) electrons. The summed E-state index contributed by atoms with van der Waals surface area (Å²) >= 11 is 0. The first-order valence-corrected chi connectivity index (χ1v) is 17.4. The molecule has 1 saturated heterocycles. The van der Waals surface area contributed by atoms with Crippen LogP contribution >= 0.6 is 0 Å². The summed E-state index contributed by atoms with van der Waals surface area (Å²) in [7, 11) is 0. The van der Waals surface area contributed by atoms with E-state index in [1.807, 2.05) is 110 Å². The molecule has 4 aliphatic rings. The number of rotatable bonds is 6. The van der Waals surface area contributed by atoms with Gasteiger partial charge in [0.1, 0.15) is 0 Å². The molecule has 4 atom stereocenters. The van der Waals surface area contributed by atoms with Crippen molar-refractivity contribution >= 4 is 45.6 Å². The van der Waals surface area contributed by atoms with E-state index in [2.05, 4.69) is 6.07 Å². The maximum Gasteiger partial charge on any atom is 0.264 e. The van der Waals surface area contributed by atoms with Crippen LogP contribution < -0.4 is 9.80 Å². The molecule has 5 aromatic rings. The molecule has 1 N–H and O–H groups in total. The fourth-order valence-electron chi connectivity index (χ4n) is 8.77. The first-order chi connectivity index (χ1) is 24.4. The molecule has 3 amide bonds. The third-order valence-corrected chi connectivity index (χ3v) is 11.2. The van der Waals surface area contributed by atoms with Crippen molar-refractivity contribution in [2.45, 2.75) is 57.0 Å². The fourth-order valence-corrected chi connectivity index (χ4v) is 8.77. The standard InChI is InChI=1S/C42H37N3O5/c1-26-20-33(22-38(47)43-24-30-9-3-2-8-29(30)21-32(43)25-46)50-42(26)35-13-4-5-14-36(35)44(41(42)49)23-27-16-18-31(19-17-27)45-37-15-7-11-28-10-6-12-34(39(28)37)40(45)48/h2-19,26,32-33,46H,20-25H2,1H3/t26-,32+,33-,42+/m1/s1. The van der Waals surface area contributed by atoms with Crippen LogP contribution in [-0.4, -0.2) is 46.5 Å².